The van der Waals surface area contributed by atoms with Crippen LogP contribution in [0.5, 0.6) is 0 Å². The molecule has 3 aromatic rings. The van der Waals surface area contributed by atoms with Gasteiger partial charge in [0.15, 0.2) is 5.78 Å². The van der Waals surface area contributed by atoms with Gasteiger partial charge in [-0.2, -0.15) is 0 Å². The minimum Gasteiger partial charge on any atom is -0.462 e. The van der Waals surface area contributed by atoms with E-state index in [1.165, 1.54) is 5.56 Å². The normalized spacial score (nSPS) is 10.5. The Balaban J connectivity index is 1.68. The van der Waals surface area contributed by atoms with Crippen molar-refractivity contribution in [2.24, 2.45) is 0 Å². The van der Waals surface area contributed by atoms with Crippen molar-refractivity contribution < 1.29 is 14.3 Å². The Morgan fingerprint density at radius 3 is 2.18 bits per heavy atom. The van der Waals surface area contributed by atoms with Crippen LogP contribution in [-0.2, 0) is 11.2 Å². The number of aryl methyl sites for hydroxylation is 3. The molecule has 0 unspecified atom stereocenters. The van der Waals surface area contributed by atoms with Crippen LogP contribution in [-0.4, -0.2) is 18.4 Å². The lowest BCUT2D eigenvalue weighted by atomic mass is 9.96. The summed E-state index contributed by atoms with van der Waals surface area (Å²) < 4.78 is 5.43. The van der Waals surface area contributed by atoms with E-state index in [1.54, 1.807) is 30.3 Å². The lowest BCUT2D eigenvalue weighted by Gasteiger charge is -2.10. The van der Waals surface area contributed by atoms with Crippen molar-refractivity contribution in [2.45, 2.75) is 26.7 Å². The third-order valence-corrected chi connectivity index (χ3v) is 4.85. The first-order valence-corrected chi connectivity index (χ1v) is 9.48. The summed E-state index contributed by atoms with van der Waals surface area (Å²) in [4.78, 5) is 25.5. The standard InChI is InChI=1S/C25H24O3/c1-18-14-15-21(17-19(18)2)24(26)22-12-6-7-13-23(22)25(27)28-16-8-11-20-9-4-3-5-10-20/h3-7,9-10,12-15,17H,8,11,16H2,1-2H3. The highest BCUT2D eigenvalue weighted by Crippen LogP contribution is 2.18. The highest BCUT2D eigenvalue weighted by Gasteiger charge is 2.19. The van der Waals surface area contributed by atoms with Crippen LogP contribution < -0.4 is 0 Å². The number of carbonyl (C=O) groups excluding carboxylic acids is 2. The Morgan fingerprint density at radius 1 is 0.786 bits per heavy atom. The molecule has 3 aromatic carbocycles. The molecule has 0 radical (unpaired) electrons. The zero-order chi connectivity index (χ0) is 19.9. The summed E-state index contributed by atoms with van der Waals surface area (Å²) in [5.41, 5.74) is 4.65. The molecule has 0 aromatic heterocycles. The van der Waals surface area contributed by atoms with Gasteiger partial charge in [-0.1, -0.05) is 60.7 Å². The number of carbonyl (C=O) groups is 2. The highest BCUT2D eigenvalue weighted by atomic mass is 16.5. The smallest absolute Gasteiger partial charge is 0.338 e. The average Bonchev–Trinajstić information content (AvgIpc) is 2.73. The van der Waals surface area contributed by atoms with Gasteiger partial charge in [-0.05, 0) is 55.5 Å². The number of hydrogen-bond donors (Lipinski definition) is 0. The summed E-state index contributed by atoms with van der Waals surface area (Å²) in [6.07, 6.45) is 1.58. The first-order valence-electron chi connectivity index (χ1n) is 9.48. The molecule has 0 fully saturated rings. The van der Waals surface area contributed by atoms with Crippen LogP contribution in [0.15, 0.2) is 72.8 Å². The summed E-state index contributed by atoms with van der Waals surface area (Å²) in [6, 6.07) is 22.5. The molecule has 0 aliphatic rings. The SMILES string of the molecule is Cc1ccc(C(=O)c2ccccc2C(=O)OCCCc2ccccc2)cc1C. The summed E-state index contributed by atoms with van der Waals surface area (Å²) in [5, 5.41) is 0. The summed E-state index contributed by atoms with van der Waals surface area (Å²) in [6.45, 7) is 4.29. The Bertz CT molecular complexity index is 974. The van der Waals surface area contributed by atoms with Gasteiger partial charge in [0.1, 0.15) is 0 Å². The first kappa shape index (κ1) is 19.6. The van der Waals surface area contributed by atoms with Crippen LogP contribution in [0.25, 0.3) is 0 Å². The lowest BCUT2D eigenvalue weighted by Crippen LogP contribution is -2.13. The van der Waals surface area contributed by atoms with E-state index in [0.717, 1.165) is 24.0 Å². The van der Waals surface area contributed by atoms with E-state index in [4.69, 9.17) is 4.74 Å². The Morgan fingerprint density at radius 2 is 1.46 bits per heavy atom. The second-order valence-electron chi connectivity index (χ2n) is 6.90. The molecule has 142 valence electrons. The van der Waals surface area contributed by atoms with E-state index >= 15 is 0 Å². The van der Waals surface area contributed by atoms with Crippen molar-refractivity contribution in [3.63, 3.8) is 0 Å². The molecule has 0 heterocycles. The first-order chi connectivity index (χ1) is 13.6. The topological polar surface area (TPSA) is 43.4 Å². The fourth-order valence-corrected chi connectivity index (χ4v) is 3.06. The number of esters is 1. The van der Waals surface area contributed by atoms with Gasteiger partial charge in [0, 0.05) is 11.1 Å². The molecule has 3 rings (SSSR count). The molecular weight excluding hydrogens is 348 g/mol. The van der Waals surface area contributed by atoms with E-state index < -0.39 is 5.97 Å². The molecule has 0 saturated carbocycles. The number of benzene rings is 3. The molecule has 0 amide bonds. The predicted octanol–water partition coefficient (Wildman–Crippen LogP) is 5.32. The minimum absolute atomic E-state index is 0.167. The molecular formula is C25H24O3. The quantitative estimate of drug-likeness (QED) is 0.320. The monoisotopic (exact) mass is 372 g/mol. The molecule has 0 saturated heterocycles. The Labute approximate surface area is 166 Å². The maximum Gasteiger partial charge on any atom is 0.338 e. The largest absolute Gasteiger partial charge is 0.462 e. The van der Waals surface area contributed by atoms with E-state index in [2.05, 4.69) is 12.1 Å². The molecule has 0 atom stereocenters. The minimum atomic E-state index is -0.458. The summed E-state index contributed by atoms with van der Waals surface area (Å²) >= 11 is 0. The van der Waals surface area contributed by atoms with E-state index in [0.29, 0.717) is 23.3 Å². The number of ketones is 1. The van der Waals surface area contributed by atoms with Crippen LogP contribution in [0.3, 0.4) is 0 Å². The van der Waals surface area contributed by atoms with E-state index in [1.807, 2.05) is 44.2 Å². The average molecular weight is 372 g/mol. The number of hydrogen-bond acceptors (Lipinski definition) is 3. The molecule has 3 nitrogen and oxygen atoms in total. The van der Waals surface area contributed by atoms with Gasteiger partial charge in [-0.25, -0.2) is 4.79 Å². The molecule has 0 aliphatic heterocycles. The zero-order valence-corrected chi connectivity index (χ0v) is 16.3. The maximum atomic E-state index is 12.9. The second-order valence-corrected chi connectivity index (χ2v) is 6.90. The van der Waals surface area contributed by atoms with Gasteiger partial charge in [0.2, 0.25) is 0 Å². The third-order valence-electron chi connectivity index (χ3n) is 4.85. The van der Waals surface area contributed by atoms with Crippen LogP contribution in [0, 0.1) is 13.8 Å². The van der Waals surface area contributed by atoms with Gasteiger partial charge >= 0.3 is 5.97 Å². The molecule has 0 aliphatic carbocycles. The number of ether oxygens (including phenoxy) is 1. The summed E-state index contributed by atoms with van der Waals surface area (Å²) in [5.74, 6) is -0.624. The van der Waals surface area contributed by atoms with Crippen LogP contribution in [0.4, 0.5) is 0 Å². The fourth-order valence-electron chi connectivity index (χ4n) is 3.06. The van der Waals surface area contributed by atoms with Crippen molar-refractivity contribution in [1.82, 2.24) is 0 Å². The van der Waals surface area contributed by atoms with Crippen LogP contribution in [0.2, 0.25) is 0 Å². The second kappa shape index (κ2) is 9.14. The van der Waals surface area contributed by atoms with Gasteiger partial charge in [0.05, 0.1) is 12.2 Å². The Kier molecular flexibility index (Phi) is 6.38. The molecule has 0 N–H and O–H groups in total. The fraction of sp³-hybridized carbons (Fsp3) is 0.200. The predicted molar refractivity (Wildman–Crippen MR) is 111 cm³/mol. The molecule has 28 heavy (non-hydrogen) atoms. The molecule has 0 bridgehead atoms. The van der Waals surface area contributed by atoms with Crippen molar-refractivity contribution in [2.75, 3.05) is 6.61 Å². The van der Waals surface area contributed by atoms with Gasteiger partial charge in [-0.3, -0.25) is 4.79 Å². The Hall–Kier alpha value is -3.20. The maximum absolute atomic E-state index is 12.9. The zero-order valence-electron chi connectivity index (χ0n) is 16.3. The van der Waals surface area contributed by atoms with Crippen molar-refractivity contribution in [3.8, 4) is 0 Å². The lowest BCUT2D eigenvalue weighted by molar-refractivity contribution is 0.0498. The highest BCUT2D eigenvalue weighted by molar-refractivity contribution is 6.14. The number of rotatable bonds is 7. The molecule has 0 spiro atoms. The summed E-state index contributed by atoms with van der Waals surface area (Å²) in [7, 11) is 0. The van der Waals surface area contributed by atoms with Gasteiger partial charge in [0.25, 0.3) is 0 Å². The van der Waals surface area contributed by atoms with Crippen molar-refractivity contribution in [3.05, 3.63) is 106 Å². The van der Waals surface area contributed by atoms with Crippen molar-refractivity contribution >= 4 is 11.8 Å². The van der Waals surface area contributed by atoms with Crippen molar-refractivity contribution in [1.29, 1.82) is 0 Å². The van der Waals surface area contributed by atoms with E-state index in [-0.39, 0.29) is 5.78 Å². The van der Waals surface area contributed by atoms with E-state index in [9.17, 15) is 9.59 Å². The molecule has 3 heteroatoms. The third kappa shape index (κ3) is 4.74. The van der Waals surface area contributed by atoms with Crippen LogP contribution in [0.1, 0.15) is 49.4 Å². The van der Waals surface area contributed by atoms with Gasteiger partial charge < -0.3 is 4.74 Å². The van der Waals surface area contributed by atoms with Gasteiger partial charge in [-0.15, -0.1) is 0 Å². The van der Waals surface area contributed by atoms with Crippen LogP contribution >= 0.6 is 0 Å².